The summed E-state index contributed by atoms with van der Waals surface area (Å²) in [5.41, 5.74) is 21.2. The summed E-state index contributed by atoms with van der Waals surface area (Å²) in [6.45, 7) is 21.7. The molecule has 35 nitrogen and oxygen atoms in total. The lowest BCUT2D eigenvalue weighted by Gasteiger charge is -2.26. The van der Waals surface area contributed by atoms with Crippen LogP contribution in [-0.4, -0.2) is 288 Å². The highest BCUT2D eigenvalue weighted by molar-refractivity contribution is 9.09. The van der Waals surface area contributed by atoms with Crippen LogP contribution in [-0.2, 0) is 131 Å². The first-order valence-corrected chi connectivity index (χ1v) is 45.7. The summed E-state index contributed by atoms with van der Waals surface area (Å²) in [6, 6.07) is 20.8. The normalized spacial score (nSPS) is 12.9. The van der Waals surface area contributed by atoms with Gasteiger partial charge in [-0.05, 0) is 188 Å². The van der Waals surface area contributed by atoms with Crippen LogP contribution in [0.1, 0.15) is 112 Å². The van der Waals surface area contributed by atoms with E-state index in [-0.39, 0.29) is 122 Å². The number of carboxylic acid groups (broad SMARTS) is 2. The van der Waals surface area contributed by atoms with E-state index in [1.165, 1.54) is 14.8 Å². The van der Waals surface area contributed by atoms with Gasteiger partial charge in [-0.15, -0.1) is 0 Å². The number of epoxide rings is 1. The number of benzene rings is 4. The molecule has 1 aliphatic rings. The molecule has 5 rings (SSSR count). The molecule has 43 heteroatoms. The number of aliphatic hydroxyl groups excluding tert-OH is 3. The molecule has 4 aromatic rings. The van der Waals surface area contributed by atoms with Crippen molar-refractivity contribution in [2.45, 2.75) is 156 Å². The Morgan fingerprint density at radius 3 is 1.00 bits per heavy atom. The van der Waals surface area contributed by atoms with Crippen LogP contribution in [0.5, 0.6) is 0 Å². The zero-order valence-corrected chi connectivity index (χ0v) is 74.7. The van der Waals surface area contributed by atoms with Gasteiger partial charge in [-0.2, -0.15) is 33.7 Å². The van der Waals surface area contributed by atoms with E-state index in [9.17, 15) is 77.4 Å². The molecule has 4 atom stereocenters. The SMILES string of the molecule is C1CO1.Cc1ccc(N(CCO)CCO)cc1C[C@@H](CC(=O)OC(C)(C)C)N[B]C=O.Cc1ccc(N(CCOS(C)(=O)=O)CCOS(C)(=O)=O)cc1C[C@@H](CC(=O)O)N[B]C=O.Cc1ccc(N(CCOS(C)(=O)=O)CCOS(C)(=O)=O)cc1C[C@H](N)CC(=O)O.Cc1ccc(N)cc1C[C@@H](CC(=O)OC(C)(C)C)N[B]C=O.OCCBr. The molecule has 4 aromatic carbocycles. The van der Waals surface area contributed by atoms with E-state index in [2.05, 4.69) is 36.4 Å². The van der Waals surface area contributed by atoms with Crippen LogP contribution in [0.15, 0.2) is 72.8 Å². The molecule has 118 heavy (non-hydrogen) atoms. The molecular weight excluding hydrogens is 1690 g/mol. The third kappa shape index (κ3) is 58.8. The monoisotopic (exact) mass is 1810 g/mol. The number of hydrogen-bond acceptors (Lipinski definition) is 33. The van der Waals surface area contributed by atoms with Crippen molar-refractivity contribution in [2.24, 2.45) is 5.73 Å². The zero-order valence-electron chi connectivity index (χ0n) is 69.9. The number of aryl methyl sites for hydroxylation is 4. The molecule has 0 saturated carbocycles. The topological polar surface area (TPSA) is 523 Å². The number of carboxylic acids is 2. The van der Waals surface area contributed by atoms with Gasteiger partial charge in [0.2, 0.25) is 0 Å². The lowest BCUT2D eigenvalue weighted by atomic mass is 9.91. The number of esters is 2. The summed E-state index contributed by atoms with van der Waals surface area (Å²) in [5.74, 6) is -2.64. The summed E-state index contributed by atoms with van der Waals surface area (Å²) in [4.78, 5) is 83.4. The van der Waals surface area contributed by atoms with Gasteiger partial charge in [-0.1, -0.05) is 40.2 Å². The first-order chi connectivity index (χ1) is 54.9. The first-order valence-electron chi connectivity index (χ1n) is 37.3. The minimum atomic E-state index is -3.65. The molecule has 3 radical (unpaired) electrons. The highest BCUT2D eigenvalue weighted by Gasteiger charge is 2.25. The predicted molar refractivity (Wildman–Crippen MR) is 461 cm³/mol. The van der Waals surface area contributed by atoms with Gasteiger partial charge in [0.05, 0.1) is 129 Å². The molecule has 0 amide bonds. The second kappa shape index (κ2) is 58.1. The van der Waals surface area contributed by atoms with E-state index >= 15 is 0 Å². The van der Waals surface area contributed by atoms with E-state index in [0.717, 1.165) is 95.8 Å². The quantitative estimate of drug-likeness (QED) is 0.00577. The third-order valence-electron chi connectivity index (χ3n) is 15.7. The Morgan fingerprint density at radius 1 is 0.475 bits per heavy atom. The molecular formula is C75H121B3BrN8O27S4. The molecule has 0 aromatic heterocycles. The van der Waals surface area contributed by atoms with Crippen LogP contribution in [0.25, 0.3) is 0 Å². The highest BCUT2D eigenvalue weighted by Crippen LogP contribution is 2.26. The van der Waals surface area contributed by atoms with Gasteiger partial charge in [0.15, 0.2) is 0 Å². The molecule has 0 spiro atoms. The van der Waals surface area contributed by atoms with Crippen molar-refractivity contribution >= 4 is 144 Å². The van der Waals surface area contributed by atoms with Gasteiger partial charge < -0.3 is 96.0 Å². The fraction of sp³-hybridized carbons (Fsp3) is 0.587. The highest BCUT2D eigenvalue weighted by atomic mass is 79.9. The number of hydrogen-bond donors (Lipinski definition) is 10. The van der Waals surface area contributed by atoms with Crippen LogP contribution >= 0.6 is 15.9 Å². The van der Waals surface area contributed by atoms with E-state index in [0.29, 0.717) is 79.7 Å². The molecule has 1 aliphatic heterocycles. The van der Waals surface area contributed by atoms with E-state index < -0.39 is 75.7 Å². The smallest absolute Gasteiger partial charge is 0.307 e. The van der Waals surface area contributed by atoms with Crippen LogP contribution < -0.4 is 41.9 Å². The van der Waals surface area contributed by atoms with Crippen LogP contribution in [0.2, 0.25) is 0 Å². The second-order valence-corrected chi connectivity index (χ2v) is 36.3. The fourth-order valence-corrected chi connectivity index (χ4v) is 12.0. The van der Waals surface area contributed by atoms with Crippen molar-refractivity contribution in [3.8, 4) is 0 Å². The van der Waals surface area contributed by atoms with Gasteiger partial charge in [-0.25, -0.2) is 0 Å². The number of carbonyl (C=O) groups excluding carboxylic acids is 5. The molecule has 12 N–H and O–H groups in total. The summed E-state index contributed by atoms with van der Waals surface area (Å²) in [5, 5.41) is 53.7. The average molecular weight is 1810 g/mol. The number of aliphatic hydroxyl groups is 3. The van der Waals surface area contributed by atoms with Crippen molar-refractivity contribution in [1.29, 1.82) is 0 Å². The van der Waals surface area contributed by atoms with E-state index in [1.54, 1.807) is 28.0 Å². The van der Waals surface area contributed by atoms with Crippen molar-refractivity contribution < 1.29 is 124 Å². The van der Waals surface area contributed by atoms with Gasteiger partial charge in [0.1, 0.15) is 11.2 Å². The summed E-state index contributed by atoms with van der Waals surface area (Å²) < 4.78 is 124. The Bertz CT molecular complexity index is 4080. The zero-order chi connectivity index (χ0) is 90.0. The van der Waals surface area contributed by atoms with Crippen LogP contribution in [0, 0.1) is 27.7 Å². The molecule has 1 fully saturated rings. The van der Waals surface area contributed by atoms with E-state index in [1.807, 2.05) is 129 Å². The summed E-state index contributed by atoms with van der Waals surface area (Å²) >= 11 is 3.00. The van der Waals surface area contributed by atoms with Crippen molar-refractivity contribution in [3.05, 3.63) is 117 Å². The Balaban J connectivity index is 0.00000151. The fourth-order valence-electron chi connectivity index (χ4n) is 10.5. The molecule has 0 unspecified atom stereocenters. The maximum Gasteiger partial charge on any atom is 0.307 e. The van der Waals surface area contributed by atoms with Gasteiger partial charge in [0, 0.05) is 91.5 Å². The Labute approximate surface area is 707 Å². The number of nitrogens with zero attached hydrogens (tertiary/aromatic N) is 3. The van der Waals surface area contributed by atoms with Crippen molar-refractivity contribution in [2.75, 3.05) is 150 Å². The summed E-state index contributed by atoms with van der Waals surface area (Å²) in [6.07, 6.45) is 7.28. The minimum Gasteiger partial charge on any atom is -0.481 e. The van der Waals surface area contributed by atoms with Crippen LogP contribution in [0.3, 0.4) is 0 Å². The maximum atomic E-state index is 12.2. The van der Waals surface area contributed by atoms with Gasteiger partial charge in [0.25, 0.3) is 62.7 Å². The Kier molecular flexibility index (Phi) is 54.6. The molecule has 1 saturated heterocycles. The summed E-state index contributed by atoms with van der Waals surface area (Å²) in [7, 11) is -10.8. The van der Waals surface area contributed by atoms with Crippen LogP contribution in [0.4, 0.5) is 22.7 Å². The standard InChI is InChI=1S/C20H32BN2O5.C18H28BN2O9S2.C17H28N2O8S2.C16H24BN2O3.C2H5BrO.C2H4O/c1-15-5-6-18(23(7-9-24)8-10-25)12-16(15)11-17(22-21-14-26)13-19(27)28-20(2,3)4;1-14-4-5-17(11-15(14)10-16(12-18(23)24)20-19-13-22)21(6-8-29-31(2,25)26)7-9-30-32(3,27)28;1-13-4-5-16(11-14(13)10-15(18)12-17(20)21)19(6-8-26-28(2,22)23)7-9-27-29(3,24)25;1-11-5-6-13(18)7-12(11)8-14(19-17-10-20)9-15(21)22-16(2,3)4;3-1-2-4;1-2-3-1/h5-6,12,14,17,22,24-25H,7-11,13H2,1-4H3;4-5,11,13,16,20H,6-10,12H2,1-3H3,(H,23,24);4-5,11,15H,6-10,12,18H2,1-3H3,(H,20,21);5-7,10,14,19H,8-9,18H2,1-4H3;4H,1-2H2;1-2H2/t17-;16-;15-;14-;;/m0000../s1. The molecule has 1 heterocycles. The Hall–Kier alpha value is -7.04. The van der Waals surface area contributed by atoms with Gasteiger partial charge >= 0.3 is 23.9 Å². The number of nitrogens with two attached hydrogens (primary N) is 2. The number of halogens is 1. The number of rotatable bonds is 49. The second-order valence-electron chi connectivity index (χ2n) is 28.9. The average Bonchev–Trinajstić information content (AvgIpc) is 1.07. The lowest BCUT2D eigenvalue weighted by Crippen LogP contribution is -2.38. The molecule has 0 bridgehead atoms. The lowest BCUT2D eigenvalue weighted by molar-refractivity contribution is -0.156. The number of aliphatic carboxylic acids is 2. The van der Waals surface area contributed by atoms with Crippen molar-refractivity contribution in [3.63, 3.8) is 0 Å². The molecule has 663 valence electrons. The minimum absolute atomic E-state index is 0.0136. The number of alkyl halides is 1. The van der Waals surface area contributed by atoms with Gasteiger partial charge in [-0.3, -0.25) is 35.9 Å². The first kappa shape index (κ1) is 111. The number of nitrogens with one attached hydrogen (secondary N) is 3. The predicted octanol–water partition coefficient (Wildman–Crippen LogP) is 2.47. The largest absolute Gasteiger partial charge is 0.481 e. The maximum absolute atomic E-state index is 12.2. The molecule has 0 aliphatic carbocycles. The number of nitrogen functional groups attached to an aromatic ring is 1. The number of ether oxygens (including phenoxy) is 3. The van der Waals surface area contributed by atoms with Crippen molar-refractivity contribution in [1.82, 2.24) is 15.7 Å². The number of carbonyl (C=O) groups is 7. The third-order valence-corrected chi connectivity index (χ3v) is 18.5. The number of anilines is 4. The van der Waals surface area contributed by atoms with E-state index in [4.69, 9.17) is 53.0 Å². The Morgan fingerprint density at radius 2 is 0.746 bits per heavy atom.